The Balaban J connectivity index is 0.00000121. The molecule has 0 radical (unpaired) electrons. The monoisotopic (exact) mass is 399 g/mol. The number of nitrogens with zero attached hydrogens (tertiary/aromatic N) is 2. The van der Waals surface area contributed by atoms with E-state index in [1.54, 1.807) is 0 Å². The fourth-order valence-electron chi connectivity index (χ4n) is 4.64. The molecule has 3 fully saturated rings. The van der Waals surface area contributed by atoms with Crippen LogP contribution in [0.2, 0.25) is 0 Å². The lowest BCUT2D eigenvalue weighted by molar-refractivity contribution is -0.133. The second kappa shape index (κ2) is 8.37. The molecule has 4 rings (SSSR count). The van der Waals surface area contributed by atoms with Crippen LogP contribution in [-0.2, 0) is 4.79 Å². The normalized spacial score (nSPS) is 23.8. The second-order valence-corrected chi connectivity index (χ2v) is 7.90. The van der Waals surface area contributed by atoms with Crippen LogP contribution in [0.5, 0.6) is 0 Å². The highest BCUT2D eigenvalue weighted by atomic mass is 35.5. The van der Waals surface area contributed by atoms with Crippen LogP contribution in [0.4, 0.5) is 5.69 Å². The van der Waals surface area contributed by atoms with Crippen molar-refractivity contribution in [2.24, 2.45) is 11.3 Å². The summed E-state index contributed by atoms with van der Waals surface area (Å²) < 4.78 is 0. The molecule has 0 bridgehead atoms. The molecule has 3 aliphatic rings. The summed E-state index contributed by atoms with van der Waals surface area (Å²) >= 11 is 0. The van der Waals surface area contributed by atoms with Gasteiger partial charge in [-0.1, -0.05) is 12.1 Å². The Kier molecular flexibility index (Phi) is 6.86. The van der Waals surface area contributed by atoms with E-state index >= 15 is 0 Å². The van der Waals surface area contributed by atoms with Crippen molar-refractivity contribution >= 4 is 36.4 Å². The number of amides is 1. The number of benzene rings is 1. The SMILES string of the molecule is Cc1cccc(N2CCN(C(=O)C3CC34CCNCC4)CC2)c1C.Cl.Cl. The first-order valence-electron chi connectivity index (χ1n) is 9.41. The minimum Gasteiger partial charge on any atom is -0.368 e. The van der Waals surface area contributed by atoms with Crippen LogP contribution >= 0.6 is 24.8 Å². The standard InChI is InChI=1S/C20H29N3O.2ClH/c1-15-4-3-5-18(16(15)2)22-10-12-23(13-11-22)19(24)17-14-20(17)6-8-21-9-7-20;;/h3-5,17,21H,6-14H2,1-2H3;2*1H. The molecule has 1 unspecified atom stereocenters. The summed E-state index contributed by atoms with van der Waals surface area (Å²) in [5.74, 6) is 0.740. The number of halogens is 2. The van der Waals surface area contributed by atoms with Crippen LogP contribution < -0.4 is 10.2 Å². The molecule has 1 spiro atoms. The summed E-state index contributed by atoms with van der Waals surface area (Å²) in [7, 11) is 0. The summed E-state index contributed by atoms with van der Waals surface area (Å²) in [6.45, 7) is 10.2. The molecule has 2 heterocycles. The van der Waals surface area contributed by atoms with Gasteiger partial charge in [-0.05, 0) is 68.8 Å². The van der Waals surface area contributed by atoms with E-state index in [1.165, 1.54) is 29.7 Å². The third-order valence-electron chi connectivity index (χ3n) is 6.60. The summed E-state index contributed by atoms with van der Waals surface area (Å²) in [6.07, 6.45) is 3.50. The molecule has 4 nitrogen and oxygen atoms in total. The van der Waals surface area contributed by atoms with Gasteiger partial charge in [0.05, 0.1) is 0 Å². The van der Waals surface area contributed by atoms with Crippen molar-refractivity contribution in [2.45, 2.75) is 33.1 Å². The molecule has 1 aromatic carbocycles. The van der Waals surface area contributed by atoms with Crippen LogP contribution in [0.1, 0.15) is 30.4 Å². The largest absolute Gasteiger partial charge is 0.368 e. The van der Waals surface area contributed by atoms with Gasteiger partial charge in [0.1, 0.15) is 0 Å². The van der Waals surface area contributed by atoms with Gasteiger partial charge in [-0.15, -0.1) is 24.8 Å². The molecule has 0 aromatic heterocycles. The Morgan fingerprint density at radius 1 is 1.08 bits per heavy atom. The zero-order valence-corrected chi connectivity index (χ0v) is 17.4. The minimum atomic E-state index is 0. The van der Waals surface area contributed by atoms with E-state index in [1.807, 2.05) is 0 Å². The first-order chi connectivity index (χ1) is 11.6. The van der Waals surface area contributed by atoms with Gasteiger partial charge in [0.25, 0.3) is 0 Å². The number of nitrogens with one attached hydrogen (secondary N) is 1. The zero-order chi connectivity index (χ0) is 16.7. The first kappa shape index (κ1) is 21.3. The molecule has 1 N–H and O–H groups in total. The molecule has 6 heteroatoms. The number of rotatable bonds is 2. The number of carbonyl (C=O) groups is 1. The van der Waals surface area contributed by atoms with E-state index in [2.05, 4.69) is 47.2 Å². The zero-order valence-electron chi connectivity index (χ0n) is 15.8. The van der Waals surface area contributed by atoms with Crippen molar-refractivity contribution in [1.82, 2.24) is 10.2 Å². The van der Waals surface area contributed by atoms with Crippen LogP contribution in [0.3, 0.4) is 0 Å². The van der Waals surface area contributed by atoms with Crippen molar-refractivity contribution in [3.63, 3.8) is 0 Å². The van der Waals surface area contributed by atoms with E-state index in [4.69, 9.17) is 0 Å². The number of piperazine rings is 1. The van der Waals surface area contributed by atoms with Gasteiger partial charge in [-0.3, -0.25) is 4.79 Å². The van der Waals surface area contributed by atoms with Gasteiger partial charge in [-0.25, -0.2) is 0 Å². The number of carbonyl (C=O) groups excluding carboxylic acids is 1. The molecule has 26 heavy (non-hydrogen) atoms. The minimum absolute atomic E-state index is 0. The van der Waals surface area contributed by atoms with Crippen LogP contribution in [0.15, 0.2) is 18.2 Å². The number of hydrogen-bond donors (Lipinski definition) is 1. The van der Waals surface area contributed by atoms with Crippen LogP contribution in [0.25, 0.3) is 0 Å². The highest BCUT2D eigenvalue weighted by Gasteiger charge is 2.58. The van der Waals surface area contributed by atoms with Crippen molar-refractivity contribution in [3.8, 4) is 0 Å². The maximum absolute atomic E-state index is 12.9. The maximum atomic E-state index is 12.9. The highest BCUT2D eigenvalue weighted by molar-refractivity contribution is 5.85. The molecule has 1 saturated carbocycles. The molecule has 2 aliphatic heterocycles. The Labute approximate surface area is 169 Å². The molecule has 1 aliphatic carbocycles. The Hall–Kier alpha value is -0.970. The van der Waals surface area contributed by atoms with Gasteiger partial charge in [0.2, 0.25) is 5.91 Å². The predicted molar refractivity (Wildman–Crippen MR) is 112 cm³/mol. The summed E-state index contributed by atoms with van der Waals surface area (Å²) in [5.41, 5.74) is 4.40. The number of hydrogen-bond acceptors (Lipinski definition) is 3. The average Bonchev–Trinajstić information content (AvgIpc) is 3.30. The van der Waals surface area contributed by atoms with Crippen LogP contribution in [0, 0.1) is 25.2 Å². The average molecular weight is 400 g/mol. The van der Waals surface area contributed by atoms with Crippen LogP contribution in [-0.4, -0.2) is 50.1 Å². The molecule has 146 valence electrons. The van der Waals surface area contributed by atoms with Gasteiger partial charge in [0, 0.05) is 37.8 Å². The molecule has 2 saturated heterocycles. The van der Waals surface area contributed by atoms with Gasteiger partial charge < -0.3 is 15.1 Å². The molecular formula is C20H31Cl2N3O. The Morgan fingerprint density at radius 2 is 1.73 bits per heavy atom. The predicted octanol–water partition coefficient (Wildman–Crippen LogP) is 3.19. The fourth-order valence-corrected chi connectivity index (χ4v) is 4.64. The molecule has 1 amide bonds. The van der Waals surface area contributed by atoms with Crippen molar-refractivity contribution in [3.05, 3.63) is 29.3 Å². The van der Waals surface area contributed by atoms with Gasteiger partial charge in [0.15, 0.2) is 0 Å². The van der Waals surface area contributed by atoms with E-state index in [0.717, 1.165) is 45.7 Å². The van der Waals surface area contributed by atoms with Crippen molar-refractivity contribution in [2.75, 3.05) is 44.2 Å². The lowest BCUT2D eigenvalue weighted by Gasteiger charge is -2.37. The third kappa shape index (κ3) is 3.83. The summed E-state index contributed by atoms with van der Waals surface area (Å²) in [6, 6.07) is 6.52. The lowest BCUT2D eigenvalue weighted by atomic mass is 9.91. The fraction of sp³-hybridized carbons (Fsp3) is 0.650. The number of aryl methyl sites for hydroxylation is 1. The summed E-state index contributed by atoms with van der Waals surface area (Å²) in [4.78, 5) is 17.5. The maximum Gasteiger partial charge on any atom is 0.226 e. The van der Waals surface area contributed by atoms with Gasteiger partial charge in [-0.2, -0.15) is 0 Å². The Bertz CT molecular complexity index is 638. The molecule has 1 aromatic rings. The Morgan fingerprint density at radius 3 is 2.38 bits per heavy atom. The van der Waals surface area contributed by atoms with Gasteiger partial charge >= 0.3 is 0 Å². The van der Waals surface area contributed by atoms with Crippen molar-refractivity contribution in [1.29, 1.82) is 0 Å². The first-order valence-corrected chi connectivity index (χ1v) is 9.41. The quantitative estimate of drug-likeness (QED) is 0.828. The molecular weight excluding hydrogens is 369 g/mol. The van der Waals surface area contributed by atoms with E-state index in [0.29, 0.717) is 17.2 Å². The molecule has 1 atom stereocenters. The van der Waals surface area contributed by atoms with E-state index < -0.39 is 0 Å². The number of anilines is 1. The van der Waals surface area contributed by atoms with Crippen molar-refractivity contribution < 1.29 is 4.79 Å². The van der Waals surface area contributed by atoms with E-state index in [9.17, 15) is 4.79 Å². The lowest BCUT2D eigenvalue weighted by Crippen LogP contribution is -2.50. The second-order valence-electron chi connectivity index (χ2n) is 7.90. The number of piperidine rings is 1. The summed E-state index contributed by atoms with van der Waals surface area (Å²) in [5, 5.41) is 3.42. The topological polar surface area (TPSA) is 35.6 Å². The highest BCUT2D eigenvalue weighted by Crippen LogP contribution is 2.59. The smallest absolute Gasteiger partial charge is 0.226 e. The van der Waals surface area contributed by atoms with E-state index in [-0.39, 0.29) is 24.8 Å². The third-order valence-corrected chi connectivity index (χ3v) is 6.60.